The highest BCUT2D eigenvalue weighted by molar-refractivity contribution is 7.92. The zero-order chi connectivity index (χ0) is 27.2. The lowest BCUT2D eigenvalue weighted by atomic mass is 10.1. The number of anilines is 1. The molecule has 3 rings (SSSR count). The maximum Gasteiger partial charge on any atom is 0.264 e. The number of aryl methyl sites for hydroxylation is 2. The fourth-order valence-corrected chi connectivity index (χ4v) is 5.39. The highest BCUT2D eigenvalue weighted by Crippen LogP contribution is 2.26. The van der Waals surface area contributed by atoms with Gasteiger partial charge in [0.25, 0.3) is 10.0 Å². The largest absolute Gasteiger partial charge is 0.355 e. The van der Waals surface area contributed by atoms with Crippen LogP contribution in [0.5, 0.6) is 0 Å². The van der Waals surface area contributed by atoms with Crippen LogP contribution >= 0.6 is 11.6 Å². The molecule has 0 radical (unpaired) electrons. The first-order valence-electron chi connectivity index (χ1n) is 12.0. The number of rotatable bonds is 10. The second-order valence-electron chi connectivity index (χ2n) is 8.82. The molecule has 2 amide bonds. The van der Waals surface area contributed by atoms with Crippen molar-refractivity contribution in [3.05, 3.63) is 94.5 Å². The van der Waals surface area contributed by atoms with E-state index in [0.29, 0.717) is 17.3 Å². The topological polar surface area (TPSA) is 86.8 Å². The van der Waals surface area contributed by atoms with Crippen LogP contribution in [0, 0.1) is 13.8 Å². The maximum absolute atomic E-state index is 13.8. The van der Waals surface area contributed by atoms with Gasteiger partial charge in [0.1, 0.15) is 12.6 Å². The second kappa shape index (κ2) is 12.3. The molecule has 1 atom stereocenters. The van der Waals surface area contributed by atoms with Crippen molar-refractivity contribution in [2.75, 3.05) is 17.4 Å². The van der Waals surface area contributed by atoms with Gasteiger partial charge in [0.2, 0.25) is 11.8 Å². The molecule has 3 aromatic rings. The van der Waals surface area contributed by atoms with E-state index in [0.717, 1.165) is 21.0 Å². The number of sulfonamides is 1. The number of halogens is 1. The van der Waals surface area contributed by atoms with Gasteiger partial charge in [-0.3, -0.25) is 13.9 Å². The van der Waals surface area contributed by atoms with E-state index in [9.17, 15) is 18.0 Å². The first-order valence-corrected chi connectivity index (χ1v) is 13.8. The quantitative estimate of drug-likeness (QED) is 0.403. The number of nitrogens with zero attached hydrogens (tertiary/aromatic N) is 2. The van der Waals surface area contributed by atoms with Crippen molar-refractivity contribution in [1.29, 1.82) is 0 Å². The molecule has 0 saturated heterocycles. The highest BCUT2D eigenvalue weighted by atomic mass is 35.5. The van der Waals surface area contributed by atoms with Crippen molar-refractivity contribution in [2.45, 2.75) is 45.2 Å². The summed E-state index contributed by atoms with van der Waals surface area (Å²) in [5.41, 5.74) is 3.13. The van der Waals surface area contributed by atoms with E-state index in [1.807, 2.05) is 38.1 Å². The predicted octanol–water partition coefficient (Wildman–Crippen LogP) is 4.71. The van der Waals surface area contributed by atoms with Crippen LogP contribution < -0.4 is 9.62 Å². The molecule has 196 valence electrons. The fourth-order valence-electron chi connectivity index (χ4n) is 3.85. The van der Waals surface area contributed by atoms with Gasteiger partial charge in [-0.2, -0.15) is 0 Å². The summed E-state index contributed by atoms with van der Waals surface area (Å²) in [6, 6.07) is 19.5. The Balaban J connectivity index is 2.03. The van der Waals surface area contributed by atoms with E-state index in [1.54, 1.807) is 38.1 Å². The molecule has 0 saturated carbocycles. The zero-order valence-corrected chi connectivity index (χ0v) is 23.0. The van der Waals surface area contributed by atoms with Crippen LogP contribution in [0.15, 0.2) is 77.7 Å². The Morgan fingerprint density at radius 3 is 2.16 bits per heavy atom. The van der Waals surface area contributed by atoms with Gasteiger partial charge in [0.05, 0.1) is 10.6 Å². The third-order valence-corrected chi connectivity index (χ3v) is 8.16. The van der Waals surface area contributed by atoms with Gasteiger partial charge in [-0.15, -0.1) is 0 Å². The minimum Gasteiger partial charge on any atom is -0.355 e. The Labute approximate surface area is 224 Å². The molecule has 0 aliphatic carbocycles. The third-order valence-electron chi connectivity index (χ3n) is 6.12. The molecule has 3 aromatic carbocycles. The molecule has 0 aromatic heterocycles. The van der Waals surface area contributed by atoms with Crippen molar-refractivity contribution in [1.82, 2.24) is 10.2 Å². The van der Waals surface area contributed by atoms with E-state index in [4.69, 9.17) is 11.6 Å². The lowest BCUT2D eigenvalue weighted by molar-refractivity contribution is -0.139. The number of likely N-dealkylation sites (N-methyl/N-ethyl adjacent to an activating group) is 1. The van der Waals surface area contributed by atoms with Crippen molar-refractivity contribution >= 4 is 39.1 Å². The average molecular weight is 542 g/mol. The molecule has 0 fully saturated rings. The smallest absolute Gasteiger partial charge is 0.264 e. The van der Waals surface area contributed by atoms with Crippen LogP contribution in [0.1, 0.15) is 30.5 Å². The molecule has 0 aliphatic rings. The molecule has 0 bridgehead atoms. The predicted molar refractivity (Wildman–Crippen MR) is 147 cm³/mol. The Morgan fingerprint density at radius 1 is 0.946 bits per heavy atom. The van der Waals surface area contributed by atoms with E-state index < -0.39 is 28.5 Å². The van der Waals surface area contributed by atoms with Crippen LogP contribution in [-0.4, -0.2) is 44.3 Å². The summed E-state index contributed by atoms with van der Waals surface area (Å²) in [6.07, 6.45) is 0. The number of hydrogen-bond donors (Lipinski definition) is 1. The van der Waals surface area contributed by atoms with Crippen LogP contribution in [0.25, 0.3) is 0 Å². The lowest BCUT2D eigenvalue weighted by Gasteiger charge is -2.32. The van der Waals surface area contributed by atoms with E-state index in [1.165, 1.54) is 29.2 Å². The molecular formula is C28H32ClN3O4S. The minimum absolute atomic E-state index is 0.00695. The molecule has 9 heteroatoms. The first-order chi connectivity index (χ1) is 17.5. The van der Waals surface area contributed by atoms with E-state index in [2.05, 4.69) is 5.32 Å². The number of carbonyl (C=O) groups is 2. The average Bonchev–Trinajstić information content (AvgIpc) is 2.87. The normalized spacial score (nSPS) is 12.0. The van der Waals surface area contributed by atoms with E-state index >= 15 is 0 Å². The molecule has 1 N–H and O–H groups in total. The van der Waals surface area contributed by atoms with Crippen molar-refractivity contribution < 1.29 is 18.0 Å². The van der Waals surface area contributed by atoms with Crippen molar-refractivity contribution in [3.8, 4) is 0 Å². The number of carbonyl (C=O) groups excluding carboxylic acids is 2. The van der Waals surface area contributed by atoms with Gasteiger partial charge in [-0.1, -0.05) is 53.6 Å². The number of hydrogen-bond acceptors (Lipinski definition) is 4. The van der Waals surface area contributed by atoms with Crippen LogP contribution in [0.3, 0.4) is 0 Å². The van der Waals surface area contributed by atoms with Gasteiger partial charge >= 0.3 is 0 Å². The summed E-state index contributed by atoms with van der Waals surface area (Å²) in [7, 11) is -4.12. The summed E-state index contributed by atoms with van der Waals surface area (Å²) in [4.78, 5) is 28.0. The molecule has 7 nitrogen and oxygen atoms in total. The maximum atomic E-state index is 13.8. The monoisotopic (exact) mass is 541 g/mol. The van der Waals surface area contributed by atoms with Crippen molar-refractivity contribution in [3.63, 3.8) is 0 Å². The van der Waals surface area contributed by atoms with Crippen LogP contribution in [-0.2, 0) is 26.2 Å². The zero-order valence-electron chi connectivity index (χ0n) is 21.4. The van der Waals surface area contributed by atoms with Crippen LogP contribution in [0.4, 0.5) is 5.69 Å². The fraction of sp³-hybridized carbons (Fsp3) is 0.286. The third kappa shape index (κ3) is 6.90. The first kappa shape index (κ1) is 28.2. The Morgan fingerprint density at radius 2 is 1.57 bits per heavy atom. The van der Waals surface area contributed by atoms with Crippen LogP contribution in [0.2, 0.25) is 5.02 Å². The Hall–Kier alpha value is -3.36. The van der Waals surface area contributed by atoms with Gasteiger partial charge in [-0.25, -0.2) is 8.42 Å². The summed E-state index contributed by atoms with van der Waals surface area (Å²) < 4.78 is 28.6. The van der Waals surface area contributed by atoms with Gasteiger partial charge in [0, 0.05) is 18.1 Å². The summed E-state index contributed by atoms with van der Waals surface area (Å²) >= 11 is 5.97. The lowest BCUT2D eigenvalue weighted by Crippen LogP contribution is -2.51. The Bertz CT molecular complexity index is 1340. The second-order valence-corrected chi connectivity index (χ2v) is 11.1. The number of benzene rings is 3. The molecular weight excluding hydrogens is 510 g/mol. The standard InChI is InChI=1S/C28H32ClN3O4S/c1-5-30-28(34)22(4)31(18-23-9-7-6-8-21(23)3)27(33)19-32(25-14-10-20(2)11-15-25)37(35,36)26-16-12-24(29)13-17-26/h6-17,22H,5,18-19H2,1-4H3,(H,30,34). The molecule has 0 aliphatic heterocycles. The SMILES string of the molecule is CCNC(=O)C(C)N(Cc1ccccc1C)C(=O)CN(c1ccc(C)cc1)S(=O)(=O)c1ccc(Cl)cc1. The molecule has 0 spiro atoms. The van der Waals surface area contributed by atoms with Gasteiger partial charge in [0.15, 0.2) is 0 Å². The molecule has 37 heavy (non-hydrogen) atoms. The summed E-state index contributed by atoms with van der Waals surface area (Å²) in [5.74, 6) is -0.813. The molecule has 0 heterocycles. The molecule has 1 unspecified atom stereocenters. The number of amides is 2. The number of nitrogens with one attached hydrogen (secondary N) is 1. The van der Waals surface area contributed by atoms with Gasteiger partial charge < -0.3 is 10.2 Å². The summed E-state index contributed by atoms with van der Waals surface area (Å²) in [6.45, 7) is 7.36. The van der Waals surface area contributed by atoms with Gasteiger partial charge in [-0.05, 0) is 75.2 Å². The van der Waals surface area contributed by atoms with E-state index in [-0.39, 0.29) is 17.3 Å². The summed E-state index contributed by atoms with van der Waals surface area (Å²) in [5, 5.41) is 3.16. The Kier molecular flexibility index (Phi) is 9.34. The van der Waals surface area contributed by atoms with Crippen molar-refractivity contribution in [2.24, 2.45) is 0 Å². The highest BCUT2D eigenvalue weighted by Gasteiger charge is 2.32. The minimum atomic E-state index is -4.12.